The van der Waals surface area contributed by atoms with E-state index in [0.29, 0.717) is 38.6 Å². The second kappa shape index (κ2) is 10.1. The first-order chi connectivity index (χ1) is 17.0. The zero-order chi connectivity index (χ0) is 24.2. The van der Waals surface area contributed by atoms with Gasteiger partial charge in [-0.2, -0.15) is 0 Å². The lowest BCUT2D eigenvalue weighted by molar-refractivity contribution is -0.118. The van der Waals surface area contributed by atoms with Crippen LogP contribution in [-0.2, 0) is 11.2 Å². The van der Waals surface area contributed by atoms with Crippen molar-refractivity contribution in [3.63, 3.8) is 0 Å². The van der Waals surface area contributed by atoms with Crippen LogP contribution >= 0.6 is 22.9 Å². The summed E-state index contributed by atoms with van der Waals surface area (Å²) in [6.07, 6.45) is 0.297. The Morgan fingerprint density at radius 1 is 0.971 bits per heavy atom. The van der Waals surface area contributed by atoms with Crippen molar-refractivity contribution in [3.05, 3.63) is 88.9 Å². The molecule has 3 aromatic carbocycles. The van der Waals surface area contributed by atoms with Gasteiger partial charge in [0.05, 0.1) is 0 Å². The number of hydrogen-bond donors (Lipinski definition) is 2. The van der Waals surface area contributed by atoms with Gasteiger partial charge >= 0.3 is 0 Å². The summed E-state index contributed by atoms with van der Waals surface area (Å²) in [6, 6.07) is 20.7. The molecule has 2 N–H and O–H groups in total. The fourth-order valence-corrected chi connectivity index (χ4v) is 4.39. The standard InChI is InChI=1S/C25H19ClN4O4S/c26-18-9-6-16(7-10-18)24-29-30-25(35-24)28-23(32)19(12-15-4-2-1-3-5-15)27-22(31)17-8-11-20-21(13-17)34-14-33-20/h1-11,13,19H,12,14H2,(H,27,31)(H,28,30,32)/t19-/m1/s1. The van der Waals surface area contributed by atoms with Crippen LogP contribution in [0.3, 0.4) is 0 Å². The van der Waals surface area contributed by atoms with Gasteiger partial charge in [-0.15, -0.1) is 10.2 Å². The van der Waals surface area contributed by atoms with E-state index in [4.69, 9.17) is 21.1 Å². The van der Waals surface area contributed by atoms with Crippen LogP contribution in [0.4, 0.5) is 5.13 Å². The third-order valence-electron chi connectivity index (χ3n) is 5.29. The largest absolute Gasteiger partial charge is 0.454 e. The van der Waals surface area contributed by atoms with E-state index in [9.17, 15) is 9.59 Å². The van der Waals surface area contributed by atoms with Crippen LogP contribution in [0.15, 0.2) is 72.8 Å². The Hall–Kier alpha value is -3.95. The normalized spacial score (nSPS) is 12.7. The highest BCUT2D eigenvalue weighted by Crippen LogP contribution is 2.32. The molecule has 1 atom stereocenters. The zero-order valence-electron chi connectivity index (χ0n) is 18.2. The van der Waals surface area contributed by atoms with Crippen molar-refractivity contribution in [1.29, 1.82) is 0 Å². The molecule has 0 bridgehead atoms. The molecular weight excluding hydrogens is 488 g/mol. The molecule has 0 saturated heterocycles. The molecule has 0 radical (unpaired) electrons. The monoisotopic (exact) mass is 506 g/mol. The summed E-state index contributed by atoms with van der Waals surface area (Å²) in [7, 11) is 0. The van der Waals surface area contributed by atoms with Crippen molar-refractivity contribution < 1.29 is 19.1 Å². The molecular formula is C25H19ClN4O4S. The van der Waals surface area contributed by atoms with Crippen LogP contribution in [0.25, 0.3) is 10.6 Å². The third kappa shape index (κ3) is 5.42. The van der Waals surface area contributed by atoms with Gasteiger partial charge in [0.2, 0.25) is 17.8 Å². The van der Waals surface area contributed by atoms with Crippen LogP contribution in [0.5, 0.6) is 11.5 Å². The number of aromatic nitrogens is 2. The second-order valence-corrected chi connectivity index (χ2v) is 9.11. The number of amides is 2. The molecule has 1 aliphatic heterocycles. The highest BCUT2D eigenvalue weighted by Gasteiger charge is 2.24. The fraction of sp³-hybridized carbons (Fsp3) is 0.120. The quantitative estimate of drug-likeness (QED) is 0.381. The van der Waals surface area contributed by atoms with Crippen molar-refractivity contribution in [2.45, 2.75) is 12.5 Å². The lowest BCUT2D eigenvalue weighted by atomic mass is 10.0. The SMILES string of the molecule is O=C(N[C@H](Cc1ccccc1)C(=O)Nc1nnc(-c2ccc(Cl)cc2)s1)c1ccc2c(c1)OCO2. The number of ether oxygens (including phenoxy) is 2. The molecule has 0 saturated carbocycles. The van der Waals surface area contributed by atoms with E-state index in [2.05, 4.69) is 20.8 Å². The van der Waals surface area contributed by atoms with E-state index in [1.54, 1.807) is 30.3 Å². The first kappa shape index (κ1) is 22.8. The Kier molecular flexibility index (Phi) is 6.60. The molecule has 4 aromatic rings. The predicted octanol–water partition coefficient (Wildman–Crippen LogP) is 4.57. The second-order valence-electron chi connectivity index (χ2n) is 7.69. The van der Waals surface area contributed by atoms with Crippen molar-refractivity contribution in [2.75, 3.05) is 12.1 Å². The Bertz CT molecular complexity index is 1360. The number of carbonyl (C=O) groups is 2. The van der Waals surface area contributed by atoms with E-state index in [0.717, 1.165) is 11.1 Å². The number of nitrogens with one attached hydrogen (secondary N) is 2. The molecule has 10 heteroatoms. The molecule has 1 aromatic heterocycles. The highest BCUT2D eigenvalue weighted by molar-refractivity contribution is 7.18. The average Bonchev–Trinajstić information content (AvgIpc) is 3.54. The summed E-state index contributed by atoms with van der Waals surface area (Å²) in [5.74, 6) is 0.262. The van der Waals surface area contributed by atoms with Gasteiger partial charge < -0.3 is 14.8 Å². The smallest absolute Gasteiger partial charge is 0.252 e. The van der Waals surface area contributed by atoms with Crippen molar-refractivity contribution in [2.24, 2.45) is 0 Å². The molecule has 0 fully saturated rings. The summed E-state index contributed by atoms with van der Waals surface area (Å²) in [6.45, 7) is 0.110. The van der Waals surface area contributed by atoms with E-state index in [1.165, 1.54) is 11.3 Å². The molecule has 0 unspecified atom stereocenters. The van der Waals surface area contributed by atoms with E-state index < -0.39 is 17.9 Å². The molecule has 0 spiro atoms. The maximum atomic E-state index is 13.2. The highest BCUT2D eigenvalue weighted by atomic mass is 35.5. The topological polar surface area (TPSA) is 102 Å². The molecule has 2 amide bonds. The van der Waals surface area contributed by atoms with Crippen LogP contribution in [0.2, 0.25) is 5.02 Å². The summed E-state index contributed by atoms with van der Waals surface area (Å²) in [5.41, 5.74) is 2.10. The summed E-state index contributed by atoms with van der Waals surface area (Å²) in [5, 5.41) is 15.4. The minimum atomic E-state index is -0.849. The van der Waals surface area contributed by atoms with Gasteiger partial charge in [-0.3, -0.25) is 14.9 Å². The number of benzene rings is 3. The van der Waals surface area contributed by atoms with Crippen molar-refractivity contribution in [3.8, 4) is 22.1 Å². The van der Waals surface area contributed by atoms with Gasteiger partial charge in [0, 0.05) is 22.6 Å². The van der Waals surface area contributed by atoms with Gasteiger partial charge in [-0.1, -0.05) is 65.4 Å². The van der Waals surface area contributed by atoms with Gasteiger partial charge in [0.25, 0.3) is 5.91 Å². The third-order valence-corrected chi connectivity index (χ3v) is 6.43. The maximum Gasteiger partial charge on any atom is 0.252 e. The molecule has 8 nitrogen and oxygen atoms in total. The van der Waals surface area contributed by atoms with Crippen LogP contribution in [-0.4, -0.2) is 34.8 Å². The molecule has 0 aliphatic carbocycles. The first-order valence-corrected chi connectivity index (χ1v) is 11.9. The Balaban J connectivity index is 1.33. The number of fused-ring (bicyclic) bond motifs is 1. The molecule has 1 aliphatic rings. The number of hydrogen-bond acceptors (Lipinski definition) is 7. The Morgan fingerprint density at radius 3 is 2.54 bits per heavy atom. The Morgan fingerprint density at radius 2 is 1.74 bits per heavy atom. The molecule has 5 rings (SSSR count). The van der Waals surface area contributed by atoms with Crippen molar-refractivity contribution in [1.82, 2.24) is 15.5 Å². The van der Waals surface area contributed by atoms with Crippen LogP contribution < -0.4 is 20.1 Å². The predicted molar refractivity (Wildman–Crippen MR) is 133 cm³/mol. The summed E-state index contributed by atoms with van der Waals surface area (Å²) >= 11 is 7.18. The van der Waals surface area contributed by atoms with E-state index in [-0.39, 0.29) is 6.79 Å². The minimum Gasteiger partial charge on any atom is -0.454 e. The van der Waals surface area contributed by atoms with Crippen LogP contribution in [0.1, 0.15) is 15.9 Å². The van der Waals surface area contributed by atoms with Gasteiger partial charge in [0.15, 0.2) is 11.5 Å². The lowest BCUT2D eigenvalue weighted by Gasteiger charge is -2.18. The van der Waals surface area contributed by atoms with E-state index in [1.807, 2.05) is 42.5 Å². The minimum absolute atomic E-state index is 0.110. The zero-order valence-corrected chi connectivity index (χ0v) is 19.8. The van der Waals surface area contributed by atoms with Gasteiger partial charge in [-0.05, 0) is 35.9 Å². The summed E-state index contributed by atoms with van der Waals surface area (Å²) < 4.78 is 10.7. The number of anilines is 1. The number of halogens is 1. The maximum absolute atomic E-state index is 13.2. The molecule has 35 heavy (non-hydrogen) atoms. The fourth-order valence-electron chi connectivity index (χ4n) is 3.51. The number of carbonyl (C=O) groups excluding carboxylic acids is 2. The summed E-state index contributed by atoms with van der Waals surface area (Å²) in [4.78, 5) is 26.2. The van der Waals surface area contributed by atoms with Gasteiger partial charge in [0.1, 0.15) is 11.0 Å². The lowest BCUT2D eigenvalue weighted by Crippen LogP contribution is -2.45. The van der Waals surface area contributed by atoms with Gasteiger partial charge in [-0.25, -0.2) is 0 Å². The molecule has 2 heterocycles. The van der Waals surface area contributed by atoms with E-state index >= 15 is 0 Å². The van der Waals surface area contributed by atoms with Crippen LogP contribution in [0, 0.1) is 0 Å². The average molecular weight is 507 g/mol. The Labute approximate surface area is 209 Å². The van der Waals surface area contributed by atoms with Crippen molar-refractivity contribution >= 4 is 39.9 Å². The number of rotatable bonds is 7. The molecule has 176 valence electrons. The number of nitrogens with zero attached hydrogens (tertiary/aromatic N) is 2. The first-order valence-electron chi connectivity index (χ1n) is 10.7.